The fourth-order valence-electron chi connectivity index (χ4n) is 1.54. The van der Waals surface area contributed by atoms with E-state index in [1.165, 1.54) is 25.3 Å². The van der Waals surface area contributed by atoms with Gasteiger partial charge in [-0.15, -0.1) is 0 Å². The molecule has 0 saturated heterocycles. The van der Waals surface area contributed by atoms with Gasteiger partial charge in [-0.1, -0.05) is 18.2 Å². The second-order valence-corrected chi connectivity index (χ2v) is 3.50. The first-order valence-electron chi connectivity index (χ1n) is 5.49. The minimum atomic E-state index is 1.06. The van der Waals surface area contributed by atoms with Crippen molar-refractivity contribution in [3.63, 3.8) is 0 Å². The molecule has 0 bridgehead atoms. The maximum Gasteiger partial charge on any atom is 0.0946 e. The lowest BCUT2D eigenvalue weighted by Gasteiger charge is -2.15. The normalized spacial score (nSPS) is 10.5. The molecule has 0 aliphatic rings. The number of hydrogen-bond donors (Lipinski definition) is 2. The Balaban J connectivity index is 2.21. The average Bonchev–Trinajstić information content (AvgIpc) is 2.26. The molecule has 0 unspecified atom stereocenters. The number of benzene rings is 1. The van der Waals surface area contributed by atoms with Gasteiger partial charge in [0.05, 0.1) is 26.2 Å². The smallest absolute Gasteiger partial charge is 0.0946 e. The monoisotopic (exact) mass is 193 g/mol. The van der Waals surface area contributed by atoms with Crippen molar-refractivity contribution >= 4 is 5.69 Å². The molecule has 0 amide bonds. The van der Waals surface area contributed by atoms with E-state index in [-0.39, 0.29) is 0 Å². The van der Waals surface area contributed by atoms with Crippen LogP contribution < -0.4 is 10.2 Å². The summed E-state index contributed by atoms with van der Waals surface area (Å²) in [5, 5.41) is 3.42. The molecule has 2 nitrogen and oxygen atoms in total. The van der Waals surface area contributed by atoms with Crippen molar-refractivity contribution in [3.8, 4) is 0 Å². The second-order valence-electron chi connectivity index (χ2n) is 3.50. The van der Waals surface area contributed by atoms with Crippen LogP contribution in [0.1, 0.15) is 13.8 Å². The molecule has 78 valence electrons. The second kappa shape index (κ2) is 6.44. The molecule has 1 aromatic carbocycles. The highest BCUT2D eigenvalue weighted by Crippen LogP contribution is 2.02. The lowest BCUT2D eigenvalue weighted by molar-refractivity contribution is -0.894. The average molecular weight is 193 g/mol. The molecule has 0 aliphatic heterocycles. The number of hydrogen-bond acceptors (Lipinski definition) is 1. The first-order valence-corrected chi connectivity index (χ1v) is 5.49. The molecule has 0 saturated carbocycles. The van der Waals surface area contributed by atoms with Gasteiger partial charge >= 0.3 is 0 Å². The van der Waals surface area contributed by atoms with Crippen LogP contribution in [0.2, 0.25) is 0 Å². The summed E-state index contributed by atoms with van der Waals surface area (Å²) in [6.07, 6.45) is 0. The SMILES string of the molecule is CC[NH+](CC)CCNc1ccccc1. The fraction of sp³-hybridized carbons (Fsp3) is 0.500. The third-order valence-electron chi connectivity index (χ3n) is 2.58. The van der Waals surface area contributed by atoms with Crippen LogP contribution in [-0.4, -0.2) is 26.2 Å². The van der Waals surface area contributed by atoms with Crippen LogP contribution in [0.4, 0.5) is 5.69 Å². The van der Waals surface area contributed by atoms with Crippen molar-refractivity contribution in [1.82, 2.24) is 0 Å². The number of para-hydroxylation sites is 1. The van der Waals surface area contributed by atoms with E-state index in [1.807, 2.05) is 6.07 Å². The molecule has 0 aromatic heterocycles. The largest absolute Gasteiger partial charge is 0.379 e. The summed E-state index contributed by atoms with van der Waals surface area (Å²) in [6.45, 7) is 9.16. The number of nitrogens with one attached hydrogen (secondary N) is 2. The van der Waals surface area contributed by atoms with Gasteiger partial charge in [-0.05, 0) is 26.0 Å². The fourth-order valence-corrected chi connectivity index (χ4v) is 1.54. The Labute approximate surface area is 86.9 Å². The lowest BCUT2D eigenvalue weighted by Crippen LogP contribution is -3.12. The van der Waals surface area contributed by atoms with E-state index < -0.39 is 0 Å². The zero-order chi connectivity index (χ0) is 10.2. The molecule has 0 aliphatic carbocycles. The summed E-state index contributed by atoms with van der Waals surface area (Å²) >= 11 is 0. The molecule has 0 atom stereocenters. The third kappa shape index (κ3) is 3.79. The Kier molecular flexibility index (Phi) is 5.08. The first kappa shape index (κ1) is 11.1. The Hall–Kier alpha value is -1.02. The van der Waals surface area contributed by atoms with Crippen LogP contribution in [-0.2, 0) is 0 Å². The van der Waals surface area contributed by atoms with E-state index >= 15 is 0 Å². The third-order valence-corrected chi connectivity index (χ3v) is 2.58. The van der Waals surface area contributed by atoms with Crippen LogP contribution in [0.15, 0.2) is 30.3 Å². The Morgan fingerprint density at radius 3 is 2.29 bits per heavy atom. The topological polar surface area (TPSA) is 16.5 Å². The summed E-state index contributed by atoms with van der Waals surface area (Å²) in [7, 11) is 0. The molecule has 1 aromatic rings. The van der Waals surface area contributed by atoms with Gasteiger partial charge in [-0.25, -0.2) is 0 Å². The number of likely N-dealkylation sites (N-methyl/N-ethyl adjacent to an activating group) is 1. The van der Waals surface area contributed by atoms with Crippen molar-refractivity contribution in [2.24, 2.45) is 0 Å². The number of quaternary nitrogens is 1. The Morgan fingerprint density at radius 2 is 1.71 bits per heavy atom. The molecule has 0 fully saturated rings. The maximum absolute atomic E-state index is 3.42. The minimum Gasteiger partial charge on any atom is -0.379 e. The highest BCUT2D eigenvalue weighted by Gasteiger charge is 2.00. The van der Waals surface area contributed by atoms with Crippen LogP contribution in [0.5, 0.6) is 0 Å². The van der Waals surface area contributed by atoms with Gasteiger partial charge < -0.3 is 10.2 Å². The molecule has 0 heterocycles. The Morgan fingerprint density at radius 1 is 1.07 bits per heavy atom. The summed E-state index contributed by atoms with van der Waals surface area (Å²) < 4.78 is 0. The van der Waals surface area contributed by atoms with Gasteiger partial charge in [0.1, 0.15) is 0 Å². The van der Waals surface area contributed by atoms with Gasteiger partial charge in [0.2, 0.25) is 0 Å². The van der Waals surface area contributed by atoms with Crippen LogP contribution in [0, 0.1) is 0 Å². The molecule has 14 heavy (non-hydrogen) atoms. The van der Waals surface area contributed by atoms with Gasteiger partial charge in [0.15, 0.2) is 0 Å². The first-order chi connectivity index (χ1) is 6.86. The molecular formula is C12H21N2+. The van der Waals surface area contributed by atoms with Gasteiger partial charge in [-0.3, -0.25) is 0 Å². The summed E-state index contributed by atoms with van der Waals surface area (Å²) in [5.41, 5.74) is 1.22. The standard InChI is InChI=1S/C12H20N2/c1-3-14(4-2)11-10-13-12-8-6-5-7-9-12/h5-9,13H,3-4,10-11H2,1-2H3/p+1. The molecule has 2 heteroatoms. The van der Waals surface area contributed by atoms with E-state index in [9.17, 15) is 0 Å². The summed E-state index contributed by atoms with van der Waals surface area (Å²) in [4.78, 5) is 1.65. The van der Waals surface area contributed by atoms with E-state index in [2.05, 4.69) is 43.4 Å². The molecular weight excluding hydrogens is 172 g/mol. The maximum atomic E-state index is 3.42. The van der Waals surface area contributed by atoms with Crippen molar-refractivity contribution in [3.05, 3.63) is 30.3 Å². The number of rotatable bonds is 6. The van der Waals surface area contributed by atoms with Gasteiger partial charge in [-0.2, -0.15) is 0 Å². The van der Waals surface area contributed by atoms with E-state index in [1.54, 1.807) is 4.90 Å². The quantitative estimate of drug-likeness (QED) is 0.689. The highest BCUT2D eigenvalue weighted by atomic mass is 15.1. The molecule has 0 radical (unpaired) electrons. The lowest BCUT2D eigenvalue weighted by atomic mass is 10.3. The van der Waals surface area contributed by atoms with E-state index in [0.29, 0.717) is 0 Å². The predicted molar refractivity (Wildman–Crippen MR) is 61.8 cm³/mol. The van der Waals surface area contributed by atoms with Gasteiger partial charge in [0, 0.05) is 5.69 Å². The zero-order valence-corrected chi connectivity index (χ0v) is 9.22. The summed E-state index contributed by atoms with van der Waals surface area (Å²) in [6, 6.07) is 10.4. The van der Waals surface area contributed by atoms with Crippen LogP contribution in [0.25, 0.3) is 0 Å². The van der Waals surface area contributed by atoms with Crippen molar-refractivity contribution in [1.29, 1.82) is 0 Å². The van der Waals surface area contributed by atoms with Crippen molar-refractivity contribution in [2.45, 2.75) is 13.8 Å². The van der Waals surface area contributed by atoms with Crippen LogP contribution >= 0.6 is 0 Å². The van der Waals surface area contributed by atoms with Crippen LogP contribution in [0.3, 0.4) is 0 Å². The van der Waals surface area contributed by atoms with Crippen molar-refractivity contribution < 1.29 is 4.90 Å². The van der Waals surface area contributed by atoms with Crippen molar-refractivity contribution in [2.75, 3.05) is 31.5 Å². The predicted octanol–water partition coefficient (Wildman–Crippen LogP) is 1.02. The van der Waals surface area contributed by atoms with E-state index in [0.717, 1.165) is 6.54 Å². The summed E-state index contributed by atoms with van der Waals surface area (Å²) in [5.74, 6) is 0. The molecule has 0 spiro atoms. The zero-order valence-electron chi connectivity index (χ0n) is 9.22. The van der Waals surface area contributed by atoms with Gasteiger partial charge in [0.25, 0.3) is 0 Å². The molecule has 2 N–H and O–H groups in total. The Bertz CT molecular complexity index is 229. The van der Waals surface area contributed by atoms with E-state index in [4.69, 9.17) is 0 Å². The minimum absolute atomic E-state index is 1.06. The highest BCUT2D eigenvalue weighted by molar-refractivity contribution is 5.42. The number of anilines is 1. The molecule has 1 rings (SSSR count).